The van der Waals surface area contributed by atoms with Crippen molar-refractivity contribution < 1.29 is 0 Å². The third-order valence-electron chi connectivity index (χ3n) is 2.25. The maximum Gasteiger partial charge on any atom is 0.204 e. The maximum absolute atomic E-state index is 4.12. The SMILES string of the molecule is CN(C)CC#Cc1cccc(Nc2ncc[nH]2)c1. The average molecular weight is 240 g/mol. The zero-order valence-corrected chi connectivity index (χ0v) is 10.6. The quantitative estimate of drug-likeness (QED) is 0.807. The number of hydrogen-bond donors (Lipinski definition) is 2. The molecule has 92 valence electrons. The lowest BCUT2D eigenvalue weighted by atomic mass is 10.2. The van der Waals surface area contributed by atoms with Gasteiger partial charge in [0.05, 0.1) is 6.54 Å². The highest BCUT2D eigenvalue weighted by molar-refractivity contribution is 5.56. The van der Waals surface area contributed by atoms with Crippen LogP contribution in [-0.2, 0) is 0 Å². The van der Waals surface area contributed by atoms with Crippen LogP contribution in [0.5, 0.6) is 0 Å². The number of H-pyrrole nitrogens is 1. The van der Waals surface area contributed by atoms with Crippen molar-refractivity contribution in [3.8, 4) is 11.8 Å². The minimum atomic E-state index is 0.730. The number of hydrogen-bond acceptors (Lipinski definition) is 3. The van der Waals surface area contributed by atoms with Gasteiger partial charge < -0.3 is 10.3 Å². The van der Waals surface area contributed by atoms with Crippen LogP contribution in [0, 0.1) is 11.8 Å². The Morgan fingerprint density at radius 2 is 2.28 bits per heavy atom. The molecule has 1 aromatic heterocycles. The Morgan fingerprint density at radius 3 is 3.00 bits per heavy atom. The number of imidazole rings is 1. The summed E-state index contributed by atoms with van der Waals surface area (Å²) in [4.78, 5) is 9.16. The van der Waals surface area contributed by atoms with E-state index in [9.17, 15) is 0 Å². The monoisotopic (exact) mass is 240 g/mol. The molecule has 0 saturated carbocycles. The first-order chi connectivity index (χ1) is 8.74. The number of anilines is 2. The summed E-state index contributed by atoms with van der Waals surface area (Å²) < 4.78 is 0. The molecule has 2 aromatic rings. The van der Waals surface area contributed by atoms with Gasteiger partial charge in [-0.25, -0.2) is 4.98 Å². The molecule has 0 aliphatic carbocycles. The standard InChI is InChI=1S/C14H16N4/c1-18(2)10-4-6-12-5-3-7-13(11-12)17-14-15-8-9-16-14/h3,5,7-9,11H,10H2,1-2H3,(H2,15,16,17). The van der Waals surface area contributed by atoms with Gasteiger partial charge in [-0.15, -0.1) is 0 Å². The van der Waals surface area contributed by atoms with Crippen molar-refractivity contribution in [2.75, 3.05) is 26.0 Å². The summed E-state index contributed by atoms with van der Waals surface area (Å²) in [5.41, 5.74) is 1.97. The molecule has 0 amide bonds. The number of aromatic nitrogens is 2. The normalized spacial score (nSPS) is 9.94. The summed E-state index contributed by atoms with van der Waals surface area (Å²) in [5, 5.41) is 3.18. The average Bonchev–Trinajstić information content (AvgIpc) is 2.82. The summed E-state index contributed by atoms with van der Waals surface area (Å²) in [7, 11) is 4.01. The van der Waals surface area contributed by atoms with Crippen molar-refractivity contribution in [1.29, 1.82) is 0 Å². The summed E-state index contributed by atoms with van der Waals surface area (Å²) in [6.07, 6.45) is 3.49. The van der Waals surface area contributed by atoms with Gasteiger partial charge in [0.1, 0.15) is 0 Å². The number of nitrogens with zero attached hydrogens (tertiary/aromatic N) is 2. The zero-order valence-electron chi connectivity index (χ0n) is 10.6. The van der Waals surface area contributed by atoms with Crippen LogP contribution in [0.25, 0.3) is 0 Å². The Bertz CT molecular complexity index is 547. The molecule has 0 saturated heterocycles. The van der Waals surface area contributed by atoms with Crippen LogP contribution < -0.4 is 5.32 Å². The number of benzene rings is 1. The molecule has 18 heavy (non-hydrogen) atoms. The van der Waals surface area contributed by atoms with Gasteiger partial charge in [0.2, 0.25) is 5.95 Å². The number of aromatic amines is 1. The van der Waals surface area contributed by atoms with Crippen molar-refractivity contribution in [2.24, 2.45) is 0 Å². The Balaban J connectivity index is 2.07. The van der Waals surface area contributed by atoms with Crippen molar-refractivity contribution in [3.05, 3.63) is 42.2 Å². The maximum atomic E-state index is 4.12. The van der Waals surface area contributed by atoms with Gasteiger partial charge in [0.15, 0.2) is 0 Å². The second-order valence-corrected chi connectivity index (χ2v) is 4.18. The van der Waals surface area contributed by atoms with Crippen LogP contribution in [0.2, 0.25) is 0 Å². The summed E-state index contributed by atoms with van der Waals surface area (Å²) in [6.45, 7) is 0.760. The Kier molecular flexibility index (Phi) is 4.00. The molecule has 4 nitrogen and oxygen atoms in total. The fourth-order valence-corrected chi connectivity index (χ4v) is 1.44. The van der Waals surface area contributed by atoms with E-state index in [4.69, 9.17) is 0 Å². The lowest BCUT2D eigenvalue weighted by molar-refractivity contribution is 0.464. The molecule has 0 aliphatic heterocycles. The molecule has 2 N–H and O–H groups in total. The van der Waals surface area contributed by atoms with Gasteiger partial charge in [-0.2, -0.15) is 0 Å². The molecule has 0 unspecified atom stereocenters. The highest BCUT2D eigenvalue weighted by Gasteiger charge is 1.96. The third kappa shape index (κ3) is 3.65. The van der Waals surface area contributed by atoms with Gasteiger partial charge in [-0.1, -0.05) is 17.9 Å². The molecule has 0 atom stereocenters. The minimum absolute atomic E-state index is 0.730. The minimum Gasteiger partial charge on any atom is -0.331 e. The van der Waals surface area contributed by atoms with Crippen LogP contribution in [0.3, 0.4) is 0 Å². The first-order valence-electron chi connectivity index (χ1n) is 5.74. The number of nitrogens with one attached hydrogen (secondary N) is 2. The highest BCUT2D eigenvalue weighted by atomic mass is 15.1. The van der Waals surface area contributed by atoms with Crippen LogP contribution in [0.15, 0.2) is 36.7 Å². The smallest absolute Gasteiger partial charge is 0.204 e. The van der Waals surface area contributed by atoms with Crippen molar-refractivity contribution >= 4 is 11.6 Å². The largest absolute Gasteiger partial charge is 0.331 e. The second-order valence-electron chi connectivity index (χ2n) is 4.18. The molecule has 2 rings (SSSR count). The van der Waals surface area contributed by atoms with E-state index in [1.807, 2.05) is 43.3 Å². The first kappa shape index (κ1) is 12.2. The van der Waals surface area contributed by atoms with E-state index in [2.05, 4.69) is 27.1 Å². The molecular formula is C14H16N4. The van der Waals surface area contributed by atoms with Crippen LogP contribution in [0.4, 0.5) is 11.6 Å². The summed E-state index contributed by atoms with van der Waals surface area (Å²) in [6, 6.07) is 7.96. The van der Waals surface area contributed by atoms with Crippen molar-refractivity contribution in [2.45, 2.75) is 0 Å². The Labute approximate surface area is 107 Å². The fraction of sp³-hybridized carbons (Fsp3) is 0.214. The van der Waals surface area contributed by atoms with Gasteiger partial charge in [-0.3, -0.25) is 4.90 Å². The van der Waals surface area contributed by atoms with E-state index in [1.165, 1.54) is 0 Å². The van der Waals surface area contributed by atoms with Crippen molar-refractivity contribution in [3.63, 3.8) is 0 Å². The van der Waals surface area contributed by atoms with Crippen LogP contribution >= 0.6 is 0 Å². The molecule has 4 heteroatoms. The molecule has 1 heterocycles. The summed E-state index contributed by atoms with van der Waals surface area (Å²) in [5.74, 6) is 6.98. The van der Waals surface area contributed by atoms with Crippen LogP contribution in [-0.4, -0.2) is 35.5 Å². The predicted octanol–water partition coefficient (Wildman–Crippen LogP) is 2.07. The predicted molar refractivity (Wildman–Crippen MR) is 73.7 cm³/mol. The van der Waals surface area contributed by atoms with E-state index in [0.29, 0.717) is 0 Å². The molecule has 0 fully saturated rings. The molecule has 0 spiro atoms. The molecular weight excluding hydrogens is 224 g/mol. The molecule has 0 aliphatic rings. The number of rotatable bonds is 3. The van der Waals surface area contributed by atoms with Crippen LogP contribution in [0.1, 0.15) is 5.56 Å². The third-order valence-corrected chi connectivity index (χ3v) is 2.25. The lowest BCUT2D eigenvalue weighted by Crippen LogP contribution is -2.10. The lowest BCUT2D eigenvalue weighted by Gasteiger charge is -2.03. The topological polar surface area (TPSA) is 44.0 Å². The van der Waals surface area contributed by atoms with Gasteiger partial charge in [-0.05, 0) is 32.3 Å². The van der Waals surface area contributed by atoms with E-state index in [-0.39, 0.29) is 0 Å². The van der Waals surface area contributed by atoms with E-state index in [1.54, 1.807) is 12.4 Å². The Hall–Kier alpha value is -2.25. The van der Waals surface area contributed by atoms with Gasteiger partial charge in [0, 0.05) is 23.6 Å². The van der Waals surface area contributed by atoms with E-state index >= 15 is 0 Å². The fourth-order valence-electron chi connectivity index (χ4n) is 1.44. The van der Waals surface area contributed by atoms with Crippen molar-refractivity contribution in [1.82, 2.24) is 14.9 Å². The summed E-state index contributed by atoms with van der Waals surface area (Å²) >= 11 is 0. The molecule has 0 bridgehead atoms. The zero-order chi connectivity index (χ0) is 12.8. The molecule has 1 aromatic carbocycles. The Morgan fingerprint density at radius 1 is 1.39 bits per heavy atom. The second kappa shape index (κ2) is 5.89. The van der Waals surface area contributed by atoms with Gasteiger partial charge in [0.25, 0.3) is 0 Å². The van der Waals surface area contributed by atoms with E-state index in [0.717, 1.165) is 23.7 Å². The van der Waals surface area contributed by atoms with Gasteiger partial charge >= 0.3 is 0 Å². The van der Waals surface area contributed by atoms with E-state index < -0.39 is 0 Å². The highest BCUT2D eigenvalue weighted by Crippen LogP contribution is 2.13. The molecule has 0 radical (unpaired) electrons. The first-order valence-corrected chi connectivity index (χ1v) is 5.74.